The van der Waals surface area contributed by atoms with Crippen LogP contribution in [0.15, 0.2) is 21.9 Å². The molecule has 0 aliphatic heterocycles. The van der Waals surface area contributed by atoms with Crippen molar-refractivity contribution in [3.05, 3.63) is 23.3 Å². The van der Waals surface area contributed by atoms with Gasteiger partial charge in [0, 0.05) is 11.9 Å². The van der Waals surface area contributed by atoms with Gasteiger partial charge in [0.05, 0.1) is 6.54 Å². The summed E-state index contributed by atoms with van der Waals surface area (Å²) >= 11 is 1.49. The summed E-state index contributed by atoms with van der Waals surface area (Å²) in [7, 11) is 4.01. The Labute approximate surface area is 147 Å². The van der Waals surface area contributed by atoms with Crippen LogP contribution in [-0.4, -0.2) is 36.5 Å². The van der Waals surface area contributed by atoms with Gasteiger partial charge in [-0.15, -0.1) is 11.3 Å². The normalized spacial score (nSPS) is 11.2. The Morgan fingerprint density at radius 2 is 2.08 bits per heavy atom. The molecule has 0 atom stereocenters. The maximum atomic E-state index is 7.81. The van der Waals surface area contributed by atoms with Crippen LogP contribution in [-0.2, 0) is 6.54 Å². The van der Waals surface area contributed by atoms with Gasteiger partial charge in [-0.05, 0) is 32.6 Å². The number of aromatic nitrogens is 1. The van der Waals surface area contributed by atoms with E-state index in [-0.39, 0.29) is 5.96 Å². The highest BCUT2D eigenvalue weighted by Crippen LogP contribution is 2.29. The minimum atomic E-state index is 0.0418. The van der Waals surface area contributed by atoms with Crippen LogP contribution in [0.3, 0.4) is 0 Å². The average molecular weight is 350 g/mol. The quantitative estimate of drug-likeness (QED) is 0.409. The molecule has 0 aromatic carbocycles. The molecule has 2 aromatic heterocycles. The van der Waals surface area contributed by atoms with Crippen molar-refractivity contribution in [1.29, 1.82) is 5.41 Å². The Hall–Kier alpha value is -1.86. The second kappa shape index (κ2) is 8.84. The molecule has 0 amide bonds. The van der Waals surface area contributed by atoms with E-state index < -0.39 is 0 Å². The Morgan fingerprint density at radius 3 is 2.75 bits per heavy atom. The molecule has 0 saturated carbocycles. The van der Waals surface area contributed by atoms with Gasteiger partial charge in [0.25, 0.3) is 0 Å². The molecular weight excluding hydrogens is 322 g/mol. The fraction of sp³-hybridized carbons (Fsp3) is 0.529. The van der Waals surface area contributed by atoms with E-state index in [0.717, 1.165) is 48.3 Å². The number of thiazole rings is 1. The number of furan rings is 1. The molecule has 0 unspecified atom stereocenters. The number of hydrogen-bond acceptors (Lipinski definition) is 5. The molecule has 0 radical (unpaired) electrons. The summed E-state index contributed by atoms with van der Waals surface area (Å²) in [6.45, 7) is 3.67. The number of unbranched alkanes of at least 4 members (excludes halogenated alkanes) is 3. The maximum Gasteiger partial charge on any atom is 0.194 e. The highest BCUT2D eigenvalue weighted by atomic mass is 32.1. The van der Waals surface area contributed by atoms with Gasteiger partial charge in [-0.25, -0.2) is 4.98 Å². The SMILES string of the molecule is CCCCCCN(C(=N)N)c1nc(-c2ccc(CN(C)C)o2)cs1. The molecule has 0 fully saturated rings. The van der Waals surface area contributed by atoms with Crippen molar-refractivity contribution in [3.63, 3.8) is 0 Å². The first-order chi connectivity index (χ1) is 11.5. The van der Waals surface area contributed by atoms with Crippen molar-refractivity contribution in [2.75, 3.05) is 25.5 Å². The molecule has 24 heavy (non-hydrogen) atoms. The molecule has 0 aliphatic rings. The minimum absolute atomic E-state index is 0.0418. The molecule has 0 spiro atoms. The van der Waals surface area contributed by atoms with Crippen LogP contribution in [0.5, 0.6) is 0 Å². The van der Waals surface area contributed by atoms with E-state index in [1.54, 1.807) is 4.90 Å². The zero-order valence-corrected chi connectivity index (χ0v) is 15.5. The molecule has 6 nitrogen and oxygen atoms in total. The van der Waals surface area contributed by atoms with Crippen molar-refractivity contribution >= 4 is 22.4 Å². The third kappa shape index (κ3) is 5.07. The highest BCUT2D eigenvalue weighted by molar-refractivity contribution is 7.14. The molecule has 2 aromatic rings. The van der Waals surface area contributed by atoms with Gasteiger partial charge in [-0.1, -0.05) is 26.2 Å². The lowest BCUT2D eigenvalue weighted by atomic mass is 10.2. The number of guanidine groups is 1. The van der Waals surface area contributed by atoms with E-state index >= 15 is 0 Å². The highest BCUT2D eigenvalue weighted by Gasteiger charge is 2.16. The number of rotatable bonds is 9. The van der Waals surface area contributed by atoms with Crippen molar-refractivity contribution in [2.45, 2.75) is 39.2 Å². The average Bonchev–Trinajstić information content (AvgIpc) is 3.15. The predicted molar refractivity (Wildman–Crippen MR) is 101 cm³/mol. The van der Waals surface area contributed by atoms with Gasteiger partial charge >= 0.3 is 0 Å². The van der Waals surface area contributed by atoms with E-state index in [1.165, 1.54) is 24.2 Å². The fourth-order valence-corrected chi connectivity index (χ4v) is 3.28. The number of nitrogens with two attached hydrogens (primary N) is 1. The lowest BCUT2D eigenvalue weighted by Crippen LogP contribution is -2.37. The van der Waals surface area contributed by atoms with Crippen LogP contribution in [0.25, 0.3) is 11.5 Å². The lowest BCUT2D eigenvalue weighted by molar-refractivity contribution is 0.353. The first-order valence-corrected chi connectivity index (χ1v) is 9.20. The fourth-order valence-electron chi connectivity index (χ4n) is 2.43. The van der Waals surface area contributed by atoms with Crippen LogP contribution < -0.4 is 10.6 Å². The monoisotopic (exact) mass is 349 g/mol. The summed E-state index contributed by atoms with van der Waals surface area (Å²) in [5, 5.41) is 10.5. The van der Waals surface area contributed by atoms with E-state index in [0.29, 0.717) is 0 Å². The largest absolute Gasteiger partial charge is 0.458 e. The summed E-state index contributed by atoms with van der Waals surface area (Å²) in [5.74, 6) is 1.71. The van der Waals surface area contributed by atoms with Crippen molar-refractivity contribution in [1.82, 2.24) is 9.88 Å². The zero-order valence-electron chi connectivity index (χ0n) is 14.7. The van der Waals surface area contributed by atoms with Gasteiger partial charge < -0.3 is 15.1 Å². The van der Waals surface area contributed by atoms with Crippen LogP contribution in [0, 0.1) is 5.41 Å². The van der Waals surface area contributed by atoms with E-state index in [4.69, 9.17) is 15.6 Å². The smallest absolute Gasteiger partial charge is 0.194 e. The number of hydrogen-bond donors (Lipinski definition) is 2. The standard InChI is InChI=1S/C17H27N5OS/c1-4-5-6-7-10-22(16(18)19)17-20-14(12-24-17)15-9-8-13(23-15)11-21(2)3/h8-9,12H,4-7,10-11H2,1-3H3,(H3,18,19). The van der Waals surface area contributed by atoms with E-state index in [1.807, 2.05) is 31.6 Å². The third-order valence-corrected chi connectivity index (χ3v) is 4.50. The number of nitrogens with zero attached hydrogens (tertiary/aromatic N) is 3. The Balaban J connectivity index is 2.06. The second-order valence-electron chi connectivity index (χ2n) is 6.12. The molecule has 0 bridgehead atoms. The molecule has 3 N–H and O–H groups in total. The van der Waals surface area contributed by atoms with Gasteiger partial charge in [-0.3, -0.25) is 10.3 Å². The van der Waals surface area contributed by atoms with E-state index in [2.05, 4.69) is 16.8 Å². The van der Waals surface area contributed by atoms with E-state index in [9.17, 15) is 0 Å². The minimum Gasteiger partial charge on any atom is -0.458 e. The molecule has 132 valence electrons. The molecule has 7 heteroatoms. The molecule has 2 heterocycles. The summed E-state index contributed by atoms with van der Waals surface area (Å²) in [6.07, 6.45) is 4.55. The maximum absolute atomic E-state index is 7.81. The third-order valence-electron chi connectivity index (χ3n) is 3.64. The van der Waals surface area contributed by atoms with Gasteiger partial charge in [-0.2, -0.15) is 0 Å². The van der Waals surface area contributed by atoms with Crippen LogP contribution in [0.4, 0.5) is 5.13 Å². The summed E-state index contributed by atoms with van der Waals surface area (Å²) in [5.41, 5.74) is 6.53. The number of nitrogens with one attached hydrogen (secondary N) is 1. The molecule has 0 saturated heterocycles. The topological polar surface area (TPSA) is 82.4 Å². The van der Waals surface area contributed by atoms with Crippen molar-refractivity contribution < 1.29 is 4.42 Å². The summed E-state index contributed by atoms with van der Waals surface area (Å²) < 4.78 is 5.85. The Kier molecular flexibility index (Phi) is 6.81. The van der Waals surface area contributed by atoms with Crippen LogP contribution in [0.1, 0.15) is 38.4 Å². The van der Waals surface area contributed by atoms with Gasteiger partial charge in [0.15, 0.2) is 16.9 Å². The predicted octanol–water partition coefficient (Wildman–Crippen LogP) is 3.74. The van der Waals surface area contributed by atoms with Crippen LogP contribution >= 0.6 is 11.3 Å². The molecule has 2 rings (SSSR count). The zero-order chi connectivity index (χ0) is 17.5. The first-order valence-electron chi connectivity index (χ1n) is 8.32. The lowest BCUT2D eigenvalue weighted by Gasteiger charge is -2.19. The van der Waals surface area contributed by atoms with Gasteiger partial charge in [0.1, 0.15) is 11.5 Å². The molecular formula is C17H27N5OS. The summed E-state index contributed by atoms with van der Waals surface area (Å²) in [4.78, 5) is 8.44. The van der Waals surface area contributed by atoms with Crippen molar-refractivity contribution in [3.8, 4) is 11.5 Å². The Morgan fingerprint density at radius 1 is 1.29 bits per heavy atom. The van der Waals surface area contributed by atoms with Crippen molar-refractivity contribution in [2.24, 2.45) is 5.73 Å². The second-order valence-corrected chi connectivity index (χ2v) is 6.95. The van der Waals surface area contributed by atoms with Crippen LogP contribution in [0.2, 0.25) is 0 Å². The molecule has 0 aliphatic carbocycles. The van der Waals surface area contributed by atoms with Gasteiger partial charge in [0.2, 0.25) is 0 Å². The summed E-state index contributed by atoms with van der Waals surface area (Å²) in [6, 6.07) is 3.92. The Bertz CT molecular complexity index is 649. The number of anilines is 1. The first kappa shape index (κ1) is 18.5.